The highest BCUT2D eigenvalue weighted by Gasteiger charge is 1.96. The molecule has 0 aliphatic heterocycles. The summed E-state index contributed by atoms with van der Waals surface area (Å²) in [6, 6.07) is 2.06. The maximum absolute atomic E-state index is 3.10. The molecule has 2 heteroatoms. The van der Waals surface area contributed by atoms with Crippen LogP contribution in [0.15, 0.2) is 12.3 Å². The average molecular weight is 124 g/mol. The number of anilines is 1. The van der Waals surface area contributed by atoms with Crippen LogP contribution < -0.4 is 5.32 Å². The highest BCUT2D eigenvalue weighted by Crippen LogP contribution is 2.12. The van der Waals surface area contributed by atoms with E-state index in [-0.39, 0.29) is 0 Å². The van der Waals surface area contributed by atoms with Crippen LogP contribution in [0.1, 0.15) is 5.69 Å². The summed E-state index contributed by atoms with van der Waals surface area (Å²) in [6.45, 7) is 2.09. The second kappa shape index (κ2) is 2.13. The summed E-state index contributed by atoms with van der Waals surface area (Å²) in [6.07, 6.45) is 2.04. The molecule has 0 spiro atoms. The molecule has 1 aromatic rings. The molecular formula is C7H12N2. The van der Waals surface area contributed by atoms with Crippen molar-refractivity contribution in [3.05, 3.63) is 18.0 Å². The van der Waals surface area contributed by atoms with E-state index < -0.39 is 0 Å². The molecule has 0 unspecified atom stereocenters. The molecule has 9 heavy (non-hydrogen) atoms. The molecule has 1 N–H and O–H groups in total. The van der Waals surface area contributed by atoms with Gasteiger partial charge >= 0.3 is 0 Å². The third kappa shape index (κ3) is 0.922. The van der Waals surface area contributed by atoms with E-state index in [9.17, 15) is 0 Å². The van der Waals surface area contributed by atoms with Gasteiger partial charge < -0.3 is 9.88 Å². The first-order valence-electron chi connectivity index (χ1n) is 3.05. The van der Waals surface area contributed by atoms with Gasteiger partial charge in [-0.2, -0.15) is 0 Å². The minimum Gasteiger partial charge on any atom is -0.387 e. The quantitative estimate of drug-likeness (QED) is 0.598. The number of nitrogens with one attached hydrogen (secondary N) is 1. The highest BCUT2D eigenvalue weighted by atomic mass is 15.0. The number of hydrogen-bond acceptors (Lipinski definition) is 1. The summed E-state index contributed by atoms with van der Waals surface area (Å²) < 4.78 is 2.09. The fraction of sp³-hybridized carbons (Fsp3) is 0.429. The standard InChI is InChI=1S/C7H12N2/c1-6-7(8-2)4-5-9(6)3/h4-5,8H,1-3H3. The second-order valence-corrected chi connectivity index (χ2v) is 2.18. The number of hydrogen-bond donors (Lipinski definition) is 1. The van der Waals surface area contributed by atoms with Crippen LogP contribution in [0.5, 0.6) is 0 Å². The minimum absolute atomic E-state index is 1.21. The summed E-state index contributed by atoms with van der Waals surface area (Å²) in [7, 11) is 3.97. The molecule has 0 fully saturated rings. The van der Waals surface area contributed by atoms with Crippen LogP contribution in [0.3, 0.4) is 0 Å². The Morgan fingerprint density at radius 1 is 1.56 bits per heavy atom. The van der Waals surface area contributed by atoms with Gasteiger partial charge in [0.15, 0.2) is 0 Å². The van der Waals surface area contributed by atoms with Crippen LogP contribution in [0.2, 0.25) is 0 Å². The molecule has 0 aliphatic rings. The van der Waals surface area contributed by atoms with Gasteiger partial charge in [0.2, 0.25) is 0 Å². The van der Waals surface area contributed by atoms with Gasteiger partial charge in [-0.25, -0.2) is 0 Å². The van der Waals surface area contributed by atoms with Crippen molar-refractivity contribution in [2.24, 2.45) is 7.05 Å². The van der Waals surface area contributed by atoms with Gasteiger partial charge in [0.25, 0.3) is 0 Å². The van der Waals surface area contributed by atoms with Gasteiger partial charge in [0.05, 0.1) is 5.69 Å². The summed E-state index contributed by atoms with van der Waals surface area (Å²) in [5, 5.41) is 3.10. The van der Waals surface area contributed by atoms with E-state index in [0.29, 0.717) is 0 Å². The lowest BCUT2D eigenvalue weighted by Crippen LogP contribution is -1.92. The van der Waals surface area contributed by atoms with Crippen molar-refractivity contribution in [2.45, 2.75) is 6.92 Å². The molecule has 50 valence electrons. The van der Waals surface area contributed by atoms with E-state index in [1.54, 1.807) is 0 Å². The molecule has 1 heterocycles. The van der Waals surface area contributed by atoms with E-state index in [1.165, 1.54) is 11.4 Å². The Hall–Kier alpha value is -0.920. The molecule has 0 aliphatic carbocycles. The molecule has 1 aromatic heterocycles. The summed E-state index contributed by atoms with van der Waals surface area (Å²) in [5.74, 6) is 0. The van der Waals surface area contributed by atoms with Gasteiger partial charge in [-0.1, -0.05) is 0 Å². The molecule has 0 atom stereocenters. The van der Waals surface area contributed by atoms with Crippen molar-refractivity contribution >= 4 is 5.69 Å². The topological polar surface area (TPSA) is 17.0 Å². The first-order chi connectivity index (χ1) is 4.25. The SMILES string of the molecule is CNc1ccn(C)c1C. The fourth-order valence-corrected chi connectivity index (χ4v) is 0.873. The number of rotatable bonds is 1. The smallest absolute Gasteiger partial charge is 0.0547 e. The third-order valence-electron chi connectivity index (χ3n) is 1.65. The molecular weight excluding hydrogens is 112 g/mol. The lowest BCUT2D eigenvalue weighted by molar-refractivity contribution is 0.883. The van der Waals surface area contributed by atoms with Crippen LogP contribution in [-0.4, -0.2) is 11.6 Å². The third-order valence-corrected chi connectivity index (χ3v) is 1.65. The van der Waals surface area contributed by atoms with Crippen molar-refractivity contribution in [1.82, 2.24) is 4.57 Å². The Morgan fingerprint density at radius 3 is 2.44 bits per heavy atom. The molecule has 1 rings (SSSR count). The largest absolute Gasteiger partial charge is 0.387 e. The van der Waals surface area contributed by atoms with Gasteiger partial charge in [0.1, 0.15) is 0 Å². The molecule has 0 amide bonds. The first kappa shape index (κ1) is 6.20. The summed E-state index contributed by atoms with van der Waals surface area (Å²) >= 11 is 0. The Kier molecular flexibility index (Phi) is 1.47. The van der Waals surface area contributed by atoms with Gasteiger partial charge in [0, 0.05) is 26.0 Å². The van der Waals surface area contributed by atoms with Crippen LogP contribution >= 0.6 is 0 Å². The fourth-order valence-electron chi connectivity index (χ4n) is 0.873. The lowest BCUT2D eigenvalue weighted by atomic mass is 10.4. The van der Waals surface area contributed by atoms with Crippen LogP contribution in [-0.2, 0) is 7.05 Å². The minimum atomic E-state index is 1.21. The van der Waals surface area contributed by atoms with E-state index in [0.717, 1.165) is 0 Å². The predicted octanol–water partition coefficient (Wildman–Crippen LogP) is 1.38. The Morgan fingerprint density at radius 2 is 2.22 bits per heavy atom. The molecule has 2 nitrogen and oxygen atoms in total. The molecule has 0 radical (unpaired) electrons. The van der Waals surface area contributed by atoms with E-state index in [1.807, 2.05) is 20.3 Å². The van der Waals surface area contributed by atoms with Gasteiger partial charge in [-0.05, 0) is 13.0 Å². The average Bonchev–Trinajstić information content (AvgIpc) is 2.15. The van der Waals surface area contributed by atoms with Crippen LogP contribution in [0, 0.1) is 6.92 Å². The summed E-state index contributed by atoms with van der Waals surface area (Å²) in [4.78, 5) is 0. The lowest BCUT2D eigenvalue weighted by Gasteiger charge is -1.98. The van der Waals surface area contributed by atoms with Crippen LogP contribution in [0.4, 0.5) is 5.69 Å². The van der Waals surface area contributed by atoms with Gasteiger partial charge in [-0.3, -0.25) is 0 Å². The first-order valence-corrected chi connectivity index (χ1v) is 3.05. The number of aromatic nitrogens is 1. The van der Waals surface area contributed by atoms with E-state index in [2.05, 4.69) is 22.9 Å². The molecule has 0 bridgehead atoms. The zero-order valence-electron chi connectivity index (χ0n) is 6.10. The van der Waals surface area contributed by atoms with Crippen molar-refractivity contribution in [2.75, 3.05) is 12.4 Å². The van der Waals surface area contributed by atoms with Crippen molar-refractivity contribution in [3.63, 3.8) is 0 Å². The zero-order chi connectivity index (χ0) is 6.85. The van der Waals surface area contributed by atoms with Crippen molar-refractivity contribution in [3.8, 4) is 0 Å². The Bertz CT molecular complexity index is 201. The normalized spacial score (nSPS) is 9.67. The highest BCUT2D eigenvalue weighted by molar-refractivity contribution is 5.47. The Labute approximate surface area is 55.5 Å². The Balaban J connectivity index is 3.04. The van der Waals surface area contributed by atoms with E-state index in [4.69, 9.17) is 0 Å². The zero-order valence-corrected chi connectivity index (χ0v) is 6.10. The molecule has 0 aromatic carbocycles. The molecule has 0 saturated carbocycles. The second-order valence-electron chi connectivity index (χ2n) is 2.18. The van der Waals surface area contributed by atoms with Crippen molar-refractivity contribution in [1.29, 1.82) is 0 Å². The van der Waals surface area contributed by atoms with Gasteiger partial charge in [-0.15, -0.1) is 0 Å². The maximum Gasteiger partial charge on any atom is 0.0547 e. The molecule has 0 saturated heterocycles. The van der Waals surface area contributed by atoms with Crippen molar-refractivity contribution < 1.29 is 0 Å². The summed E-state index contributed by atoms with van der Waals surface area (Å²) in [5.41, 5.74) is 2.48. The van der Waals surface area contributed by atoms with Crippen LogP contribution in [0.25, 0.3) is 0 Å². The number of nitrogens with zero attached hydrogens (tertiary/aromatic N) is 1. The van der Waals surface area contributed by atoms with E-state index >= 15 is 0 Å². The predicted molar refractivity (Wildman–Crippen MR) is 39.7 cm³/mol. The number of aryl methyl sites for hydroxylation is 1. The monoisotopic (exact) mass is 124 g/mol. The maximum atomic E-state index is 3.10.